The van der Waals surface area contributed by atoms with E-state index in [1.807, 2.05) is 30.3 Å². The Morgan fingerprint density at radius 1 is 1.25 bits per heavy atom. The second-order valence-corrected chi connectivity index (χ2v) is 11.4. The summed E-state index contributed by atoms with van der Waals surface area (Å²) in [6.45, 7) is 0.691. The number of rotatable bonds is 13. The highest BCUT2D eigenvalue weighted by Crippen LogP contribution is 2.21. The van der Waals surface area contributed by atoms with Crippen molar-refractivity contribution < 1.29 is 27.9 Å². The lowest BCUT2D eigenvalue weighted by Gasteiger charge is -2.32. The smallest absolute Gasteiger partial charge is 0.239 e. The largest absolute Gasteiger partial charge is 0.390 e. The van der Waals surface area contributed by atoms with Crippen LogP contribution in [0.3, 0.4) is 0 Å². The minimum absolute atomic E-state index is 0.0171. The number of carbonyl (C=O) groups excluding carboxylic acids is 2. The first-order chi connectivity index (χ1) is 17.2. The summed E-state index contributed by atoms with van der Waals surface area (Å²) >= 11 is 0. The Morgan fingerprint density at radius 2 is 1.97 bits per heavy atom. The minimum Gasteiger partial charge on any atom is -0.390 e. The molecule has 0 spiro atoms. The van der Waals surface area contributed by atoms with E-state index in [9.17, 15) is 23.1 Å². The van der Waals surface area contributed by atoms with Crippen molar-refractivity contribution in [2.24, 2.45) is 4.99 Å². The van der Waals surface area contributed by atoms with Crippen LogP contribution in [0.5, 0.6) is 0 Å². The summed E-state index contributed by atoms with van der Waals surface area (Å²) in [6, 6.07) is 8.57. The van der Waals surface area contributed by atoms with Gasteiger partial charge in [0.25, 0.3) is 0 Å². The molecular weight excluding hydrogens is 486 g/mol. The van der Waals surface area contributed by atoms with Crippen LogP contribution in [-0.2, 0) is 30.8 Å². The number of benzene rings is 1. The van der Waals surface area contributed by atoms with Gasteiger partial charge in [-0.1, -0.05) is 30.3 Å². The molecular formula is C24H37N5O6S. The molecule has 36 heavy (non-hydrogen) atoms. The van der Waals surface area contributed by atoms with Gasteiger partial charge in [-0.3, -0.25) is 14.6 Å². The molecule has 1 aromatic rings. The molecule has 2 amide bonds. The Balaban J connectivity index is 1.77. The molecule has 200 valence electrons. The first-order valence-electron chi connectivity index (χ1n) is 12.2. The summed E-state index contributed by atoms with van der Waals surface area (Å²) in [7, 11) is -0.638. The van der Waals surface area contributed by atoms with Gasteiger partial charge in [-0.2, -0.15) is 4.31 Å². The normalized spacial score (nSPS) is 21.5. The van der Waals surface area contributed by atoms with E-state index in [-0.39, 0.29) is 44.5 Å². The molecule has 2 aliphatic rings. The molecule has 1 saturated heterocycles. The number of nitrogens with one attached hydrogen (secondary N) is 2. The van der Waals surface area contributed by atoms with Crippen molar-refractivity contribution in [3.05, 3.63) is 35.9 Å². The summed E-state index contributed by atoms with van der Waals surface area (Å²) < 4.78 is 33.9. The molecule has 0 aromatic heterocycles. The van der Waals surface area contributed by atoms with E-state index in [2.05, 4.69) is 15.6 Å². The maximum absolute atomic E-state index is 13.5. The summed E-state index contributed by atoms with van der Waals surface area (Å²) in [6.07, 6.45) is 1.89. The number of likely N-dealkylation sites (N-methyl/N-ethyl adjacent to an activating group) is 1. The fourth-order valence-electron chi connectivity index (χ4n) is 4.29. The van der Waals surface area contributed by atoms with Crippen molar-refractivity contribution in [1.29, 1.82) is 0 Å². The zero-order valence-corrected chi connectivity index (χ0v) is 21.7. The van der Waals surface area contributed by atoms with E-state index in [0.29, 0.717) is 13.0 Å². The SMILES string of the molecule is CNC(=O)CCC(=O)NC(Cc1ccccc1)C(O)CN(CC1CCCO1)S(=O)(=O)C1CN(C)C=N1. The average Bonchev–Trinajstić information content (AvgIpc) is 3.54. The number of hydrogen-bond donors (Lipinski definition) is 3. The van der Waals surface area contributed by atoms with E-state index in [0.717, 1.165) is 18.4 Å². The van der Waals surface area contributed by atoms with Crippen LogP contribution in [0.1, 0.15) is 31.2 Å². The molecule has 11 nitrogen and oxygen atoms in total. The van der Waals surface area contributed by atoms with Gasteiger partial charge in [0.15, 0.2) is 5.37 Å². The highest BCUT2D eigenvalue weighted by molar-refractivity contribution is 7.89. The van der Waals surface area contributed by atoms with Crippen molar-refractivity contribution in [2.45, 2.75) is 55.7 Å². The molecule has 0 saturated carbocycles. The highest BCUT2D eigenvalue weighted by atomic mass is 32.2. The second kappa shape index (κ2) is 13.1. The predicted octanol–water partition coefficient (Wildman–Crippen LogP) is -0.288. The molecule has 0 radical (unpaired) electrons. The van der Waals surface area contributed by atoms with Crippen LogP contribution in [0, 0.1) is 0 Å². The summed E-state index contributed by atoms with van der Waals surface area (Å²) in [5.74, 6) is -0.657. The summed E-state index contributed by atoms with van der Waals surface area (Å²) in [5, 5.41) is 15.6. The first-order valence-corrected chi connectivity index (χ1v) is 13.8. The Hall–Kier alpha value is -2.54. The quantitative estimate of drug-likeness (QED) is 0.323. The molecule has 0 aliphatic carbocycles. The molecule has 0 bridgehead atoms. The van der Waals surface area contributed by atoms with E-state index >= 15 is 0 Å². The lowest BCUT2D eigenvalue weighted by Crippen LogP contribution is -2.53. The Labute approximate surface area is 212 Å². The molecule has 12 heteroatoms. The molecule has 2 aliphatic heterocycles. The van der Waals surface area contributed by atoms with E-state index in [4.69, 9.17) is 4.74 Å². The van der Waals surface area contributed by atoms with Gasteiger partial charge in [0.05, 0.1) is 31.1 Å². The van der Waals surface area contributed by atoms with Crippen molar-refractivity contribution in [3.63, 3.8) is 0 Å². The maximum Gasteiger partial charge on any atom is 0.239 e. The summed E-state index contributed by atoms with van der Waals surface area (Å²) in [5.41, 5.74) is 0.878. The Kier molecular flexibility index (Phi) is 10.2. The molecule has 2 heterocycles. The lowest BCUT2D eigenvalue weighted by molar-refractivity contribution is -0.127. The lowest BCUT2D eigenvalue weighted by atomic mass is 10.0. The van der Waals surface area contributed by atoms with E-state index < -0.39 is 33.5 Å². The van der Waals surface area contributed by atoms with E-state index in [1.165, 1.54) is 17.7 Å². The third-order valence-electron chi connectivity index (χ3n) is 6.37. The standard InChI is InChI=1S/C24H37N5O6S/c1-25-22(31)10-11-23(32)27-20(13-18-7-4-3-5-8-18)21(30)15-29(14-19-9-6-12-35-19)36(33,34)24-16-28(2)17-26-24/h3-5,7-8,17,19-21,24,30H,6,9-16H2,1-2H3,(H,25,31)(H,27,32). The average molecular weight is 524 g/mol. The van der Waals surface area contributed by atoms with Crippen LogP contribution >= 0.6 is 0 Å². The summed E-state index contributed by atoms with van der Waals surface area (Å²) in [4.78, 5) is 30.0. The molecule has 3 N–H and O–H groups in total. The van der Waals surface area contributed by atoms with Gasteiger partial charge < -0.3 is 25.4 Å². The van der Waals surface area contributed by atoms with Crippen LogP contribution in [0.25, 0.3) is 0 Å². The molecule has 1 fully saturated rings. The van der Waals surface area contributed by atoms with Crippen molar-refractivity contribution in [3.8, 4) is 0 Å². The first kappa shape index (κ1) is 28.0. The number of aliphatic hydroxyl groups excluding tert-OH is 1. The zero-order valence-electron chi connectivity index (χ0n) is 20.9. The number of aliphatic imine (C=N–C) groups is 1. The number of sulfonamides is 1. The fourth-order valence-corrected chi connectivity index (χ4v) is 6.00. The third-order valence-corrected chi connectivity index (χ3v) is 8.34. The number of ether oxygens (including phenoxy) is 1. The minimum atomic E-state index is -3.89. The van der Waals surface area contributed by atoms with Crippen LogP contribution in [0.2, 0.25) is 0 Å². The monoisotopic (exact) mass is 523 g/mol. The topological polar surface area (TPSA) is 141 Å². The van der Waals surface area contributed by atoms with Crippen molar-refractivity contribution >= 4 is 28.2 Å². The zero-order chi connectivity index (χ0) is 26.1. The van der Waals surface area contributed by atoms with Crippen LogP contribution in [0.4, 0.5) is 0 Å². The highest BCUT2D eigenvalue weighted by Gasteiger charge is 2.38. The number of aliphatic hydroxyl groups is 1. The Morgan fingerprint density at radius 3 is 2.58 bits per heavy atom. The third kappa shape index (κ3) is 7.99. The van der Waals surface area contributed by atoms with Gasteiger partial charge in [0, 0.05) is 46.6 Å². The van der Waals surface area contributed by atoms with Gasteiger partial charge in [0.2, 0.25) is 21.8 Å². The van der Waals surface area contributed by atoms with Gasteiger partial charge in [-0.15, -0.1) is 0 Å². The maximum atomic E-state index is 13.5. The number of hydrogen-bond acceptors (Lipinski definition) is 8. The molecule has 4 atom stereocenters. The molecule has 1 aromatic carbocycles. The van der Waals surface area contributed by atoms with Crippen LogP contribution in [-0.4, -0.2) is 105 Å². The van der Waals surface area contributed by atoms with E-state index in [1.54, 1.807) is 11.9 Å². The predicted molar refractivity (Wildman–Crippen MR) is 136 cm³/mol. The molecule has 4 unspecified atom stereocenters. The second-order valence-electron chi connectivity index (χ2n) is 9.26. The van der Waals surface area contributed by atoms with Crippen molar-refractivity contribution in [2.75, 3.05) is 40.3 Å². The van der Waals surface area contributed by atoms with Crippen LogP contribution in [0.15, 0.2) is 35.3 Å². The van der Waals surface area contributed by atoms with Gasteiger partial charge in [-0.25, -0.2) is 8.42 Å². The Bertz CT molecular complexity index is 1000. The number of amides is 2. The number of carbonyl (C=O) groups is 2. The molecule has 3 rings (SSSR count). The number of nitrogens with zero attached hydrogens (tertiary/aromatic N) is 3. The fraction of sp³-hybridized carbons (Fsp3) is 0.625. The van der Waals surface area contributed by atoms with Crippen molar-refractivity contribution in [1.82, 2.24) is 19.8 Å². The van der Waals surface area contributed by atoms with Gasteiger partial charge >= 0.3 is 0 Å². The van der Waals surface area contributed by atoms with Gasteiger partial charge in [0.1, 0.15) is 0 Å². The van der Waals surface area contributed by atoms with Gasteiger partial charge in [-0.05, 0) is 24.8 Å². The van der Waals surface area contributed by atoms with Crippen LogP contribution < -0.4 is 10.6 Å².